The number of aliphatic hydroxyl groups excluding tert-OH is 1. The number of aliphatic hydroxyl groups is 1. The minimum absolute atomic E-state index is 0.194. The average molecular weight is 357 g/mol. The molecule has 0 bridgehead atoms. The molecule has 23 heavy (non-hydrogen) atoms. The smallest absolute Gasteiger partial charge is 0.384 e. The fourth-order valence-corrected chi connectivity index (χ4v) is 2.54. The molecule has 1 fully saturated rings. The predicted octanol–water partition coefficient (Wildman–Crippen LogP) is -0.782. The highest BCUT2D eigenvalue weighted by atomic mass is 31.2. The lowest BCUT2D eigenvalue weighted by Crippen LogP contribution is -2.47. The number of nitrogens with two attached hydrogens (primary N) is 1. The van der Waals surface area contributed by atoms with Crippen LogP contribution in [-0.2, 0) is 13.8 Å². The van der Waals surface area contributed by atoms with Gasteiger partial charge in [-0.3, -0.25) is 9.09 Å². The Kier molecular flexibility index (Phi) is 4.35. The Labute approximate surface area is 127 Å². The number of aromatic nitrogens is 2. The Morgan fingerprint density at radius 2 is 2.17 bits per heavy atom. The fourth-order valence-electron chi connectivity index (χ4n) is 2.11. The van der Waals surface area contributed by atoms with Crippen molar-refractivity contribution >= 4 is 13.6 Å². The summed E-state index contributed by atoms with van der Waals surface area (Å²) in [6, 6.07) is 1.08. The van der Waals surface area contributed by atoms with E-state index < -0.39 is 44.0 Å². The average Bonchev–Trinajstić information content (AvgIpc) is 2.58. The first kappa shape index (κ1) is 17.9. The summed E-state index contributed by atoms with van der Waals surface area (Å²) in [5, 5.41) is 9.78. The monoisotopic (exact) mass is 357 g/mol. The van der Waals surface area contributed by atoms with Gasteiger partial charge in [0.25, 0.3) is 0 Å². The lowest BCUT2D eigenvalue weighted by Gasteiger charge is -2.26. The van der Waals surface area contributed by atoms with Crippen LogP contribution in [0.4, 0.5) is 14.6 Å². The lowest BCUT2D eigenvalue weighted by atomic mass is 9.98. The van der Waals surface area contributed by atoms with E-state index >= 15 is 0 Å². The summed E-state index contributed by atoms with van der Waals surface area (Å²) in [5.41, 5.74) is 1.95. The summed E-state index contributed by atoms with van der Waals surface area (Å²) >= 11 is 0. The van der Waals surface area contributed by atoms with Crippen LogP contribution in [0.1, 0.15) is 13.2 Å². The second-order valence-corrected chi connectivity index (χ2v) is 6.41. The van der Waals surface area contributed by atoms with Gasteiger partial charge in [0.1, 0.15) is 11.4 Å². The van der Waals surface area contributed by atoms with Crippen molar-refractivity contribution in [2.75, 3.05) is 12.3 Å². The largest absolute Gasteiger partial charge is 0.469 e. The number of anilines is 1. The number of nitrogens with zero attached hydrogens (tertiary/aromatic N) is 2. The Bertz CT molecular complexity index is 708. The van der Waals surface area contributed by atoms with Crippen molar-refractivity contribution in [2.45, 2.75) is 30.8 Å². The molecule has 1 aromatic rings. The van der Waals surface area contributed by atoms with E-state index in [1.54, 1.807) is 0 Å². The molecular weight excluding hydrogens is 343 g/mol. The van der Waals surface area contributed by atoms with E-state index in [2.05, 4.69) is 9.51 Å². The number of halogens is 2. The molecule has 0 aromatic carbocycles. The Hall–Kier alpha value is -1.43. The molecule has 2 heterocycles. The number of alkyl halides is 2. The zero-order chi connectivity index (χ0) is 17.6. The van der Waals surface area contributed by atoms with Gasteiger partial charge < -0.3 is 25.4 Å². The molecule has 1 aliphatic rings. The van der Waals surface area contributed by atoms with Crippen molar-refractivity contribution in [3.63, 3.8) is 0 Å². The molecule has 0 saturated carbocycles. The molecule has 0 aliphatic carbocycles. The van der Waals surface area contributed by atoms with Gasteiger partial charge in [-0.2, -0.15) is 13.8 Å². The van der Waals surface area contributed by atoms with E-state index in [0.29, 0.717) is 4.57 Å². The number of rotatable bonds is 4. The first-order valence-electron chi connectivity index (χ1n) is 6.15. The molecule has 1 aromatic heterocycles. The van der Waals surface area contributed by atoms with E-state index in [-0.39, 0.29) is 5.82 Å². The summed E-state index contributed by atoms with van der Waals surface area (Å²) in [7, 11) is -4.97. The molecule has 0 amide bonds. The Morgan fingerprint density at radius 1 is 1.57 bits per heavy atom. The third-order valence-corrected chi connectivity index (χ3v) is 3.74. The van der Waals surface area contributed by atoms with Crippen LogP contribution in [0.2, 0.25) is 0 Å². The number of ether oxygens (including phenoxy) is 1. The second kappa shape index (κ2) is 5.58. The summed E-state index contributed by atoms with van der Waals surface area (Å²) in [6.07, 6.45) is -3.83. The van der Waals surface area contributed by atoms with Crippen LogP contribution in [0.25, 0.3) is 0 Å². The van der Waals surface area contributed by atoms with Crippen LogP contribution < -0.4 is 11.4 Å². The van der Waals surface area contributed by atoms with Crippen LogP contribution in [-0.4, -0.2) is 48.7 Å². The first-order chi connectivity index (χ1) is 10.4. The van der Waals surface area contributed by atoms with Gasteiger partial charge in [0, 0.05) is 6.20 Å². The van der Waals surface area contributed by atoms with Crippen molar-refractivity contribution in [3.05, 3.63) is 22.7 Å². The van der Waals surface area contributed by atoms with Crippen LogP contribution in [0, 0.1) is 0 Å². The van der Waals surface area contributed by atoms with Crippen molar-refractivity contribution in [3.8, 4) is 0 Å². The molecule has 130 valence electrons. The first-order valence-corrected chi connectivity index (χ1v) is 7.68. The minimum Gasteiger partial charge on any atom is -0.384 e. The van der Waals surface area contributed by atoms with E-state index in [4.69, 9.17) is 20.3 Å². The van der Waals surface area contributed by atoms with E-state index in [1.807, 2.05) is 0 Å². The molecule has 1 unspecified atom stereocenters. The van der Waals surface area contributed by atoms with Gasteiger partial charge in [-0.25, -0.2) is 9.36 Å². The third-order valence-electron chi connectivity index (χ3n) is 3.28. The van der Waals surface area contributed by atoms with Crippen molar-refractivity contribution < 1.29 is 37.5 Å². The van der Waals surface area contributed by atoms with E-state index in [0.717, 1.165) is 19.2 Å². The molecule has 5 N–H and O–H groups in total. The van der Waals surface area contributed by atoms with Gasteiger partial charge in [-0.15, -0.1) is 0 Å². The molecular formula is C10H14F2N3O7P. The predicted molar refractivity (Wildman–Crippen MR) is 70.4 cm³/mol. The van der Waals surface area contributed by atoms with Gasteiger partial charge in [-0.1, -0.05) is 0 Å². The van der Waals surface area contributed by atoms with Gasteiger partial charge in [0.05, 0.1) is 6.61 Å². The van der Waals surface area contributed by atoms with Crippen LogP contribution >= 0.6 is 7.82 Å². The molecule has 2 rings (SSSR count). The van der Waals surface area contributed by atoms with Crippen molar-refractivity contribution in [2.24, 2.45) is 0 Å². The lowest BCUT2D eigenvalue weighted by molar-refractivity contribution is -0.143. The number of hydrogen-bond acceptors (Lipinski definition) is 7. The summed E-state index contributed by atoms with van der Waals surface area (Å²) in [5.74, 6) is -4.14. The second-order valence-electron chi connectivity index (χ2n) is 5.17. The fraction of sp³-hybridized carbons (Fsp3) is 0.600. The number of phosphoric acid groups is 1. The standard InChI is InChI=1S/C10H14F2N3O7P/c1-9(4-21-23(18,19)20)6(16)10(11,12)7(22-9)15-3-2-5(13)14-8(15)17/h2-3,6-7,16H,4H2,1H3,(H2,13,14,17)(H2,18,19,20)/t6-,7?,9-/m1/s1. The summed E-state index contributed by atoms with van der Waals surface area (Å²) < 4.78 is 48.7. The molecule has 0 spiro atoms. The van der Waals surface area contributed by atoms with Crippen molar-refractivity contribution in [1.29, 1.82) is 0 Å². The zero-order valence-corrected chi connectivity index (χ0v) is 12.6. The molecule has 1 aliphatic heterocycles. The number of hydrogen-bond donors (Lipinski definition) is 4. The minimum atomic E-state index is -4.97. The number of phosphoric ester groups is 1. The Morgan fingerprint density at radius 3 is 2.70 bits per heavy atom. The quantitative estimate of drug-likeness (QED) is 0.507. The molecule has 13 heteroatoms. The highest BCUT2D eigenvalue weighted by Crippen LogP contribution is 2.49. The molecule has 3 atom stereocenters. The van der Waals surface area contributed by atoms with Crippen LogP contribution in [0.15, 0.2) is 17.1 Å². The normalized spacial score (nSPS) is 30.5. The topological polar surface area (TPSA) is 157 Å². The third kappa shape index (κ3) is 3.42. The van der Waals surface area contributed by atoms with E-state index in [9.17, 15) is 23.2 Å². The molecule has 1 saturated heterocycles. The van der Waals surface area contributed by atoms with Crippen molar-refractivity contribution in [1.82, 2.24) is 9.55 Å². The molecule has 10 nitrogen and oxygen atoms in total. The van der Waals surface area contributed by atoms with Crippen LogP contribution in [0.5, 0.6) is 0 Å². The van der Waals surface area contributed by atoms with Gasteiger partial charge in [-0.05, 0) is 13.0 Å². The number of nitrogen functional groups attached to an aromatic ring is 1. The Balaban J connectivity index is 2.36. The maximum Gasteiger partial charge on any atom is 0.469 e. The van der Waals surface area contributed by atoms with Gasteiger partial charge >= 0.3 is 19.4 Å². The van der Waals surface area contributed by atoms with Gasteiger partial charge in [0.15, 0.2) is 6.10 Å². The van der Waals surface area contributed by atoms with E-state index in [1.165, 1.54) is 0 Å². The molecule has 0 radical (unpaired) electrons. The maximum absolute atomic E-state index is 14.2. The SMILES string of the molecule is C[C@]1(COP(=O)(O)O)OC(n2ccc(N)nc2=O)C(F)(F)[C@@H]1O. The summed E-state index contributed by atoms with van der Waals surface area (Å²) in [6.45, 7) is -0.0569. The van der Waals surface area contributed by atoms with Crippen LogP contribution in [0.3, 0.4) is 0 Å². The summed E-state index contributed by atoms with van der Waals surface area (Å²) in [4.78, 5) is 32.2. The van der Waals surface area contributed by atoms with Gasteiger partial charge in [0.2, 0.25) is 6.23 Å². The maximum atomic E-state index is 14.2. The highest BCUT2D eigenvalue weighted by Gasteiger charge is 2.65. The highest BCUT2D eigenvalue weighted by molar-refractivity contribution is 7.46. The zero-order valence-electron chi connectivity index (χ0n) is 11.7.